The van der Waals surface area contributed by atoms with Gasteiger partial charge in [-0.3, -0.25) is 9.59 Å². The number of hydrogen-bond donors (Lipinski definition) is 2. The van der Waals surface area contributed by atoms with Gasteiger partial charge in [0, 0.05) is 34.9 Å². The van der Waals surface area contributed by atoms with Gasteiger partial charge in [-0.2, -0.15) is 5.10 Å². The average molecular weight is 541 g/mol. The van der Waals surface area contributed by atoms with Crippen LogP contribution in [0.4, 0.5) is 5.69 Å². The van der Waals surface area contributed by atoms with Crippen molar-refractivity contribution >= 4 is 41.4 Å². The van der Waals surface area contributed by atoms with Gasteiger partial charge >= 0.3 is 0 Å². The molecule has 198 valence electrons. The molecule has 0 aliphatic rings. The van der Waals surface area contributed by atoms with Crippen LogP contribution in [0, 0.1) is 0 Å². The smallest absolute Gasteiger partial charge is 0.287 e. The zero-order chi connectivity index (χ0) is 27.6. The molecule has 1 aromatic heterocycles. The van der Waals surface area contributed by atoms with Gasteiger partial charge in [0.2, 0.25) is 0 Å². The van der Waals surface area contributed by atoms with E-state index in [2.05, 4.69) is 34.6 Å². The van der Waals surface area contributed by atoms with Crippen molar-refractivity contribution in [3.63, 3.8) is 0 Å². The summed E-state index contributed by atoms with van der Waals surface area (Å²) in [7, 11) is 0. The molecule has 0 spiro atoms. The molecule has 2 amide bonds. The second kappa shape index (κ2) is 13.3. The van der Waals surface area contributed by atoms with Crippen LogP contribution >= 0.6 is 11.6 Å². The molecule has 8 heteroatoms. The minimum atomic E-state index is -0.576. The number of anilines is 1. The molecule has 0 aliphatic carbocycles. The van der Waals surface area contributed by atoms with Crippen molar-refractivity contribution in [2.24, 2.45) is 5.10 Å². The highest BCUT2D eigenvalue weighted by molar-refractivity contribution is 6.30. The maximum Gasteiger partial charge on any atom is 0.287 e. The molecule has 39 heavy (non-hydrogen) atoms. The van der Waals surface area contributed by atoms with E-state index < -0.39 is 11.8 Å². The third kappa shape index (κ3) is 7.46. The van der Waals surface area contributed by atoms with Crippen molar-refractivity contribution < 1.29 is 14.0 Å². The zero-order valence-electron chi connectivity index (χ0n) is 21.7. The average Bonchev–Trinajstić information content (AvgIpc) is 3.44. The molecule has 0 radical (unpaired) electrons. The number of carbonyl (C=O) groups excluding carboxylic acids is 2. The third-order valence-electron chi connectivity index (χ3n) is 5.97. The topological polar surface area (TPSA) is 86.9 Å². The number of amides is 2. The number of rotatable bonds is 10. The van der Waals surface area contributed by atoms with E-state index in [-0.39, 0.29) is 5.70 Å². The highest BCUT2D eigenvalue weighted by Crippen LogP contribution is 2.23. The number of halogens is 1. The van der Waals surface area contributed by atoms with Crippen molar-refractivity contribution in [3.05, 3.63) is 119 Å². The van der Waals surface area contributed by atoms with Crippen molar-refractivity contribution in [1.82, 2.24) is 10.7 Å². The number of carbonyl (C=O) groups is 2. The Morgan fingerprint density at radius 2 is 1.59 bits per heavy atom. The largest absolute Gasteiger partial charge is 0.455 e. The van der Waals surface area contributed by atoms with Crippen LogP contribution in [-0.2, 0) is 4.79 Å². The van der Waals surface area contributed by atoms with Gasteiger partial charge in [0.15, 0.2) is 0 Å². The highest BCUT2D eigenvalue weighted by Gasteiger charge is 2.15. The normalized spacial score (nSPS) is 11.4. The first-order valence-corrected chi connectivity index (χ1v) is 13.0. The maximum atomic E-state index is 13.1. The summed E-state index contributed by atoms with van der Waals surface area (Å²) in [4.78, 5) is 28.1. The number of hydrogen-bond acceptors (Lipinski definition) is 5. The molecule has 4 rings (SSSR count). The Balaban J connectivity index is 1.51. The van der Waals surface area contributed by atoms with Gasteiger partial charge in [0.1, 0.15) is 17.2 Å². The van der Waals surface area contributed by atoms with Crippen molar-refractivity contribution in [2.75, 3.05) is 18.0 Å². The second-order valence-electron chi connectivity index (χ2n) is 8.55. The minimum absolute atomic E-state index is 0.0536. The van der Waals surface area contributed by atoms with Gasteiger partial charge in [-0.15, -0.1) is 0 Å². The minimum Gasteiger partial charge on any atom is -0.455 e. The first-order valence-electron chi connectivity index (χ1n) is 12.6. The lowest BCUT2D eigenvalue weighted by Crippen LogP contribution is -2.32. The number of furan rings is 1. The highest BCUT2D eigenvalue weighted by atomic mass is 35.5. The van der Waals surface area contributed by atoms with E-state index in [9.17, 15) is 9.59 Å². The van der Waals surface area contributed by atoms with Crippen LogP contribution in [0.15, 0.2) is 106 Å². The summed E-state index contributed by atoms with van der Waals surface area (Å²) in [5.74, 6) is 0.113. The Morgan fingerprint density at radius 1 is 0.897 bits per heavy atom. The standard InChI is InChI=1S/C31H29ClN4O3/c1-3-36(4-2)26-16-10-22(11-17-26)20-28(34-30(37)24-8-6-5-7-9-24)31(38)35-33-21-27-18-19-29(39-27)23-12-14-25(32)15-13-23/h5-21H,3-4H2,1-2H3,(H,34,37)(H,35,38)/b28-20-,33-21-. The van der Waals surface area contributed by atoms with Crippen molar-refractivity contribution in [1.29, 1.82) is 0 Å². The van der Waals surface area contributed by atoms with Gasteiger partial charge in [-0.25, -0.2) is 5.43 Å². The molecule has 0 aliphatic heterocycles. The predicted octanol–water partition coefficient (Wildman–Crippen LogP) is 6.37. The lowest BCUT2D eigenvalue weighted by Gasteiger charge is -2.20. The van der Waals surface area contributed by atoms with E-state index >= 15 is 0 Å². The summed E-state index contributed by atoms with van der Waals surface area (Å²) < 4.78 is 5.79. The van der Waals surface area contributed by atoms with Gasteiger partial charge < -0.3 is 14.6 Å². The SMILES string of the molecule is CCN(CC)c1ccc(/C=C(\NC(=O)c2ccccc2)C(=O)N/N=C\c2ccc(-c3ccc(Cl)cc3)o2)cc1. The van der Waals surface area contributed by atoms with Gasteiger partial charge in [0.05, 0.1) is 6.21 Å². The Labute approximate surface area is 232 Å². The van der Waals surface area contributed by atoms with Gasteiger partial charge in [-0.1, -0.05) is 41.9 Å². The summed E-state index contributed by atoms with van der Waals surface area (Å²) >= 11 is 5.95. The fourth-order valence-corrected chi connectivity index (χ4v) is 4.01. The molecule has 0 atom stereocenters. The third-order valence-corrected chi connectivity index (χ3v) is 6.23. The van der Waals surface area contributed by atoms with Gasteiger partial charge in [-0.05, 0) is 86.2 Å². The first-order chi connectivity index (χ1) is 19.0. The van der Waals surface area contributed by atoms with Crippen molar-refractivity contribution in [3.8, 4) is 11.3 Å². The van der Waals surface area contributed by atoms with Crippen LogP contribution in [-0.4, -0.2) is 31.1 Å². The molecule has 0 saturated heterocycles. The summed E-state index contributed by atoms with van der Waals surface area (Å²) in [5.41, 5.74) is 5.66. The van der Waals surface area contributed by atoms with Crippen LogP contribution in [0.5, 0.6) is 0 Å². The van der Waals surface area contributed by atoms with E-state index in [1.165, 1.54) is 6.21 Å². The summed E-state index contributed by atoms with van der Waals surface area (Å²) in [5, 5.41) is 7.38. The number of nitrogens with one attached hydrogen (secondary N) is 2. The van der Waals surface area contributed by atoms with E-state index in [1.54, 1.807) is 54.6 Å². The molecule has 2 N–H and O–H groups in total. The Kier molecular flexibility index (Phi) is 9.32. The fourth-order valence-electron chi connectivity index (χ4n) is 3.89. The van der Waals surface area contributed by atoms with Crippen molar-refractivity contribution in [2.45, 2.75) is 13.8 Å². The molecule has 0 fully saturated rings. The Morgan fingerprint density at radius 3 is 2.26 bits per heavy atom. The second-order valence-corrected chi connectivity index (χ2v) is 8.99. The Hall–Kier alpha value is -4.62. The fraction of sp³-hybridized carbons (Fsp3) is 0.129. The molecule has 3 aromatic carbocycles. The molecule has 0 saturated carbocycles. The molecule has 1 heterocycles. The number of nitrogens with zero attached hydrogens (tertiary/aromatic N) is 2. The van der Waals surface area contributed by atoms with E-state index in [0.29, 0.717) is 22.1 Å². The molecule has 4 aromatic rings. The van der Waals surface area contributed by atoms with E-state index in [0.717, 1.165) is 29.9 Å². The van der Waals surface area contributed by atoms with Crippen LogP contribution in [0.2, 0.25) is 5.02 Å². The van der Waals surface area contributed by atoms with Crippen LogP contribution < -0.4 is 15.6 Å². The number of hydrazone groups is 1. The first kappa shape index (κ1) is 27.4. The van der Waals surface area contributed by atoms with Crippen LogP contribution in [0.1, 0.15) is 35.5 Å². The summed E-state index contributed by atoms with van der Waals surface area (Å²) in [6.07, 6.45) is 3.01. The lowest BCUT2D eigenvalue weighted by atomic mass is 10.1. The molecule has 7 nitrogen and oxygen atoms in total. The summed E-state index contributed by atoms with van der Waals surface area (Å²) in [6.45, 7) is 5.98. The van der Waals surface area contributed by atoms with E-state index in [1.807, 2.05) is 42.5 Å². The molecule has 0 unspecified atom stereocenters. The maximum absolute atomic E-state index is 13.1. The molecule has 0 bridgehead atoms. The Bertz CT molecular complexity index is 1460. The molecular formula is C31H29ClN4O3. The lowest BCUT2D eigenvalue weighted by molar-refractivity contribution is -0.117. The van der Waals surface area contributed by atoms with Crippen LogP contribution in [0.25, 0.3) is 17.4 Å². The van der Waals surface area contributed by atoms with E-state index in [4.69, 9.17) is 16.0 Å². The zero-order valence-corrected chi connectivity index (χ0v) is 22.5. The summed E-state index contributed by atoms with van der Waals surface area (Å²) in [6, 6.07) is 27.3. The molecular weight excluding hydrogens is 512 g/mol. The quantitative estimate of drug-likeness (QED) is 0.139. The number of benzene rings is 3. The van der Waals surface area contributed by atoms with Gasteiger partial charge in [0.25, 0.3) is 11.8 Å². The monoisotopic (exact) mass is 540 g/mol. The van der Waals surface area contributed by atoms with Crippen LogP contribution in [0.3, 0.4) is 0 Å². The predicted molar refractivity (Wildman–Crippen MR) is 157 cm³/mol.